The Morgan fingerprint density at radius 2 is 2.12 bits per heavy atom. The molecule has 0 radical (unpaired) electrons. The first kappa shape index (κ1) is 21.6. The van der Waals surface area contributed by atoms with Gasteiger partial charge in [0.05, 0.1) is 22.3 Å². The predicted octanol–water partition coefficient (Wildman–Crippen LogP) is 5.64. The molecule has 0 saturated carbocycles. The lowest BCUT2D eigenvalue weighted by molar-refractivity contribution is 0.112. The van der Waals surface area contributed by atoms with Crippen LogP contribution in [0.1, 0.15) is 44.3 Å². The summed E-state index contributed by atoms with van der Waals surface area (Å²) in [5, 5.41) is 4.20. The SMILES string of the molecule is C/C=C\C(=C/C)N(C)C=Nc1c(C=O)sc2nccc(NCC)c12.CC. The van der Waals surface area contributed by atoms with Gasteiger partial charge in [0.2, 0.25) is 0 Å². The maximum absolute atomic E-state index is 11.5. The lowest BCUT2D eigenvalue weighted by Crippen LogP contribution is -2.13. The molecule has 2 rings (SSSR count). The van der Waals surface area contributed by atoms with Crippen molar-refractivity contribution in [2.75, 3.05) is 18.9 Å². The van der Waals surface area contributed by atoms with Crippen LogP contribution in [0, 0.1) is 0 Å². The summed E-state index contributed by atoms with van der Waals surface area (Å²) in [6, 6.07) is 1.91. The summed E-state index contributed by atoms with van der Waals surface area (Å²) in [5.74, 6) is 0. The molecule has 0 unspecified atom stereocenters. The average Bonchev–Trinajstić information content (AvgIpc) is 3.04. The van der Waals surface area contributed by atoms with Gasteiger partial charge < -0.3 is 10.2 Å². The van der Waals surface area contributed by atoms with E-state index in [0.29, 0.717) is 10.6 Å². The number of anilines is 1. The van der Waals surface area contributed by atoms with Gasteiger partial charge in [-0.25, -0.2) is 9.98 Å². The molecule has 0 aliphatic carbocycles. The van der Waals surface area contributed by atoms with E-state index in [0.717, 1.165) is 34.4 Å². The summed E-state index contributed by atoms with van der Waals surface area (Å²) in [5.41, 5.74) is 2.64. The van der Waals surface area contributed by atoms with Crippen molar-refractivity contribution in [3.8, 4) is 0 Å². The summed E-state index contributed by atoms with van der Waals surface area (Å²) in [6.45, 7) is 10.8. The molecule has 5 nitrogen and oxygen atoms in total. The normalized spacial score (nSPS) is 11.7. The summed E-state index contributed by atoms with van der Waals surface area (Å²) < 4.78 is 0. The number of likely N-dealkylation sites (N-methyl/N-ethyl adjacent to an activating group) is 1. The second-order valence-corrected chi connectivity index (χ2v) is 6.10. The Morgan fingerprint density at radius 1 is 1.38 bits per heavy atom. The Labute approximate surface area is 160 Å². The Kier molecular flexibility index (Phi) is 9.30. The molecule has 26 heavy (non-hydrogen) atoms. The number of rotatable bonds is 7. The topological polar surface area (TPSA) is 57.6 Å². The Hall–Kier alpha value is -2.47. The van der Waals surface area contributed by atoms with Gasteiger partial charge in [-0.05, 0) is 32.9 Å². The molecule has 0 aromatic carbocycles. The molecule has 1 N–H and O–H groups in total. The zero-order valence-corrected chi connectivity index (χ0v) is 17.2. The van der Waals surface area contributed by atoms with Crippen LogP contribution in [0.4, 0.5) is 11.4 Å². The molecule has 0 amide bonds. The minimum Gasteiger partial charge on any atom is -0.385 e. The van der Waals surface area contributed by atoms with Gasteiger partial charge in [-0.15, -0.1) is 11.3 Å². The number of nitrogens with zero attached hydrogens (tertiary/aromatic N) is 3. The van der Waals surface area contributed by atoms with Crippen LogP contribution in [0.2, 0.25) is 0 Å². The summed E-state index contributed by atoms with van der Waals surface area (Å²) in [7, 11) is 1.93. The van der Waals surface area contributed by atoms with Crippen LogP contribution in [0.5, 0.6) is 0 Å². The Balaban J connectivity index is 0.00000163. The number of aromatic nitrogens is 1. The molecule has 0 aliphatic heterocycles. The number of aldehydes is 1. The van der Waals surface area contributed by atoms with E-state index in [-0.39, 0.29) is 0 Å². The summed E-state index contributed by atoms with van der Waals surface area (Å²) in [6.07, 6.45) is 10.3. The number of carbonyl (C=O) groups excluding carboxylic acids is 1. The van der Waals surface area contributed by atoms with Crippen molar-refractivity contribution in [1.29, 1.82) is 0 Å². The van der Waals surface area contributed by atoms with Gasteiger partial charge in [0.25, 0.3) is 0 Å². The zero-order chi connectivity index (χ0) is 19.5. The molecule has 2 aromatic heterocycles. The predicted molar refractivity (Wildman–Crippen MR) is 115 cm³/mol. The van der Waals surface area contributed by atoms with Gasteiger partial charge in [0.15, 0.2) is 6.29 Å². The number of aliphatic imine (C=N–C) groups is 1. The number of carbonyl (C=O) groups is 1. The smallest absolute Gasteiger partial charge is 0.162 e. The van der Waals surface area contributed by atoms with Crippen molar-refractivity contribution in [2.24, 2.45) is 4.99 Å². The second-order valence-electron chi connectivity index (χ2n) is 5.07. The number of thiophene rings is 1. The minimum absolute atomic E-state index is 0.584. The first-order valence-electron chi connectivity index (χ1n) is 8.82. The highest BCUT2D eigenvalue weighted by molar-refractivity contribution is 7.21. The van der Waals surface area contributed by atoms with Gasteiger partial charge in [0.1, 0.15) is 4.83 Å². The van der Waals surface area contributed by atoms with Crippen molar-refractivity contribution in [3.63, 3.8) is 0 Å². The Bertz CT molecular complexity index is 805. The molecule has 0 spiro atoms. The highest BCUT2D eigenvalue weighted by atomic mass is 32.1. The van der Waals surface area contributed by atoms with E-state index in [1.807, 2.05) is 70.9 Å². The monoisotopic (exact) mass is 372 g/mol. The fourth-order valence-corrected chi connectivity index (χ4v) is 3.30. The first-order chi connectivity index (χ1) is 12.7. The van der Waals surface area contributed by atoms with E-state index >= 15 is 0 Å². The van der Waals surface area contributed by atoms with E-state index in [9.17, 15) is 4.79 Å². The van der Waals surface area contributed by atoms with Gasteiger partial charge >= 0.3 is 0 Å². The molecular weight excluding hydrogens is 344 g/mol. The quantitative estimate of drug-likeness (QED) is 0.296. The van der Waals surface area contributed by atoms with Gasteiger partial charge in [-0.1, -0.05) is 26.0 Å². The maximum Gasteiger partial charge on any atom is 0.162 e. The second kappa shape index (κ2) is 11.2. The van der Waals surface area contributed by atoms with E-state index in [4.69, 9.17) is 0 Å². The van der Waals surface area contributed by atoms with Gasteiger partial charge in [-0.3, -0.25) is 4.79 Å². The van der Waals surface area contributed by atoms with Crippen molar-refractivity contribution < 1.29 is 4.79 Å². The van der Waals surface area contributed by atoms with E-state index in [1.165, 1.54) is 11.3 Å². The molecular formula is C20H28N4OS. The molecule has 0 aliphatic rings. The molecule has 0 bridgehead atoms. The molecule has 2 heterocycles. The third-order valence-electron chi connectivity index (χ3n) is 3.47. The van der Waals surface area contributed by atoms with Crippen molar-refractivity contribution in [1.82, 2.24) is 9.88 Å². The number of hydrogen-bond acceptors (Lipinski definition) is 5. The number of fused-ring (bicyclic) bond motifs is 1. The largest absolute Gasteiger partial charge is 0.385 e. The standard InChI is InChI=1S/C18H22N4OS.C2H6/c1-5-8-13(6-2)22(4)12-21-17-15(11-23)24-18-16(17)14(19-7-3)9-10-20-18;1-2/h5-6,8-12H,7H2,1-4H3,(H,19,20);1-2H3/b8-5-,13-6+,21-12?;. The number of nitrogens with one attached hydrogen (secondary N) is 1. The van der Waals surface area contributed by atoms with Crippen molar-refractivity contribution >= 4 is 45.6 Å². The highest BCUT2D eigenvalue weighted by Gasteiger charge is 2.15. The average molecular weight is 373 g/mol. The third kappa shape index (κ3) is 5.02. The number of hydrogen-bond donors (Lipinski definition) is 1. The van der Waals surface area contributed by atoms with Crippen LogP contribution in [-0.2, 0) is 0 Å². The molecule has 0 atom stereocenters. The molecule has 6 heteroatoms. The third-order valence-corrected chi connectivity index (χ3v) is 4.48. The van der Waals surface area contributed by atoms with E-state index in [1.54, 1.807) is 12.5 Å². The highest BCUT2D eigenvalue weighted by Crippen LogP contribution is 2.40. The van der Waals surface area contributed by atoms with Crippen LogP contribution in [0.25, 0.3) is 10.2 Å². The molecule has 0 fully saturated rings. The summed E-state index contributed by atoms with van der Waals surface area (Å²) in [4.78, 5) is 23.7. The molecule has 2 aromatic rings. The Morgan fingerprint density at radius 3 is 2.69 bits per heavy atom. The fraction of sp³-hybridized carbons (Fsp3) is 0.350. The van der Waals surface area contributed by atoms with Gasteiger partial charge in [-0.2, -0.15) is 0 Å². The fourth-order valence-electron chi connectivity index (χ4n) is 2.37. The lowest BCUT2D eigenvalue weighted by atomic mass is 10.2. The zero-order valence-electron chi connectivity index (χ0n) is 16.4. The number of pyridine rings is 1. The van der Waals surface area contributed by atoms with Crippen LogP contribution >= 0.6 is 11.3 Å². The van der Waals surface area contributed by atoms with Gasteiger partial charge in [0, 0.05) is 31.2 Å². The number of allylic oxidation sites excluding steroid dienone is 3. The molecule has 140 valence electrons. The lowest BCUT2D eigenvalue weighted by Gasteiger charge is -2.14. The van der Waals surface area contributed by atoms with Crippen molar-refractivity contribution in [2.45, 2.75) is 34.6 Å². The van der Waals surface area contributed by atoms with E-state index in [2.05, 4.69) is 15.3 Å². The van der Waals surface area contributed by atoms with Crippen molar-refractivity contribution in [3.05, 3.63) is 41.1 Å². The van der Waals surface area contributed by atoms with Crippen LogP contribution in [0.3, 0.4) is 0 Å². The summed E-state index contributed by atoms with van der Waals surface area (Å²) >= 11 is 1.36. The maximum atomic E-state index is 11.5. The molecule has 0 saturated heterocycles. The first-order valence-corrected chi connectivity index (χ1v) is 9.64. The van der Waals surface area contributed by atoms with Crippen LogP contribution < -0.4 is 5.32 Å². The van der Waals surface area contributed by atoms with Crippen LogP contribution in [0.15, 0.2) is 41.2 Å². The van der Waals surface area contributed by atoms with Crippen LogP contribution in [-0.4, -0.2) is 36.1 Å². The van der Waals surface area contributed by atoms with E-state index < -0.39 is 0 Å². The minimum atomic E-state index is 0.584.